The van der Waals surface area contributed by atoms with Crippen LogP contribution in [0.1, 0.15) is 77.0 Å². The van der Waals surface area contributed by atoms with Crippen molar-refractivity contribution in [3.63, 3.8) is 0 Å². The lowest BCUT2D eigenvalue weighted by molar-refractivity contribution is -0.125. The number of hydrogen-bond donors (Lipinski definition) is 0. The molecule has 0 aliphatic heterocycles. The molecule has 0 heterocycles. The zero-order chi connectivity index (χ0) is 14.4. The highest BCUT2D eigenvalue weighted by atomic mass is 16.1. The highest BCUT2D eigenvalue weighted by Gasteiger charge is 2.31. The molecular weight excluding hydrogens is 232 g/mol. The molecule has 1 saturated carbocycles. The van der Waals surface area contributed by atoms with Crippen LogP contribution in [0.15, 0.2) is 18.2 Å². The van der Waals surface area contributed by atoms with E-state index >= 15 is 0 Å². The van der Waals surface area contributed by atoms with E-state index in [2.05, 4.69) is 59.7 Å². The second-order valence-electron chi connectivity index (χ2n) is 7.90. The summed E-state index contributed by atoms with van der Waals surface area (Å²) in [5.41, 5.74) is 4.17. The average Bonchev–Trinajstić information content (AvgIpc) is 2.24. The molecule has 0 radical (unpaired) electrons. The van der Waals surface area contributed by atoms with Crippen LogP contribution in [-0.4, -0.2) is 5.78 Å². The Bertz CT molecular complexity index is 465. The van der Waals surface area contributed by atoms with Gasteiger partial charge in [-0.3, -0.25) is 4.79 Å². The minimum Gasteiger partial charge on any atom is -0.299 e. The molecule has 0 bridgehead atoms. The van der Waals surface area contributed by atoms with Crippen molar-refractivity contribution in [2.45, 2.75) is 71.1 Å². The molecule has 0 amide bonds. The fraction of sp³-hybridized carbons (Fsp3) is 0.611. The summed E-state index contributed by atoms with van der Waals surface area (Å²) in [5, 5.41) is 0. The van der Waals surface area contributed by atoms with Crippen molar-refractivity contribution < 1.29 is 4.79 Å². The maximum absolute atomic E-state index is 11.8. The van der Waals surface area contributed by atoms with Crippen molar-refractivity contribution in [2.75, 3.05) is 0 Å². The van der Waals surface area contributed by atoms with Crippen LogP contribution in [0.4, 0.5) is 0 Å². The normalized spacial score (nSPS) is 20.3. The number of benzene rings is 1. The van der Waals surface area contributed by atoms with E-state index in [1.54, 1.807) is 0 Å². The molecule has 104 valence electrons. The largest absolute Gasteiger partial charge is 0.299 e. The van der Waals surface area contributed by atoms with Gasteiger partial charge in [0.2, 0.25) is 0 Å². The van der Waals surface area contributed by atoms with E-state index in [1.165, 1.54) is 16.7 Å². The summed E-state index contributed by atoms with van der Waals surface area (Å²) in [6.45, 7) is 13.4. The molecule has 1 aromatic rings. The molecule has 0 N–H and O–H groups in total. The molecular formula is C18H26O. The lowest BCUT2D eigenvalue weighted by atomic mass is 9.73. The molecule has 1 aromatic carbocycles. The quantitative estimate of drug-likeness (QED) is 0.712. The molecule has 1 heteroatoms. The molecule has 1 aliphatic rings. The second-order valence-corrected chi connectivity index (χ2v) is 7.90. The number of ketones is 1. The molecule has 0 spiro atoms. The molecule has 0 aromatic heterocycles. The van der Waals surface area contributed by atoms with Crippen LogP contribution < -0.4 is 0 Å². The number of rotatable bonds is 1. The minimum absolute atomic E-state index is 0.128. The molecule has 1 atom stereocenters. The third-order valence-electron chi connectivity index (χ3n) is 4.16. The van der Waals surface area contributed by atoms with E-state index in [0.29, 0.717) is 5.78 Å². The van der Waals surface area contributed by atoms with Crippen LogP contribution in [0.5, 0.6) is 0 Å². The third-order valence-corrected chi connectivity index (χ3v) is 4.16. The van der Waals surface area contributed by atoms with Gasteiger partial charge >= 0.3 is 0 Å². The van der Waals surface area contributed by atoms with E-state index < -0.39 is 0 Å². The fourth-order valence-corrected chi connectivity index (χ4v) is 2.48. The van der Waals surface area contributed by atoms with Gasteiger partial charge in [-0.15, -0.1) is 0 Å². The van der Waals surface area contributed by atoms with Gasteiger partial charge in [-0.05, 0) is 33.9 Å². The smallest absolute Gasteiger partial charge is 0.140 e. The van der Waals surface area contributed by atoms with Gasteiger partial charge in [0.05, 0.1) is 0 Å². The standard InChI is InChI=1S/C18H26O/c1-17(2,3)13-9-12(15-7-8-16(15)19)10-14(11-13)18(4,5)6/h9-11,15H,7-8H2,1-6H3. The minimum atomic E-state index is 0.128. The van der Waals surface area contributed by atoms with Crippen molar-refractivity contribution in [2.24, 2.45) is 0 Å². The van der Waals surface area contributed by atoms with Crippen LogP contribution in [0.3, 0.4) is 0 Å². The lowest BCUT2D eigenvalue weighted by Crippen LogP contribution is -2.25. The highest BCUT2D eigenvalue weighted by molar-refractivity contribution is 5.91. The van der Waals surface area contributed by atoms with Crippen molar-refractivity contribution in [1.29, 1.82) is 0 Å². The van der Waals surface area contributed by atoms with Crippen LogP contribution in [0.25, 0.3) is 0 Å². The molecule has 1 fully saturated rings. The lowest BCUT2D eigenvalue weighted by Gasteiger charge is -2.30. The van der Waals surface area contributed by atoms with Gasteiger partial charge in [0, 0.05) is 12.3 Å². The Morgan fingerprint density at radius 1 is 0.895 bits per heavy atom. The van der Waals surface area contributed by atoms with E-state index in [1.807, 2.05) is 0 Å². The van der Waals surface area contributed by atoms with Gasteiger partial charge in [0.1, 0.15) is 5.78 Å². The van der Waals surface area contributed by atoms with Crippen molar-refractivity contribution in [1.82, 2.24) is 0 Å². The van der Waals surface area contributed by atoms with Crippen LogP contribution in [0.2, 0.25) is 0 Å². The van der Waals surface area contributed by atoms with Crippen molar-refractivity contribution >= 4 is 5.78 Å². The molecule has 2 rings (SSSR count). The van der Waals surface area contributed by atoms with Crippen molar-refractivity contribution in [3.05, 3.63) is 34.9 Å². The van der Waals surface area contributed by atoms with E-state index in [4.69, 9.17) is 0 Å². The third kappa shape index (κ3) is 2.91. The summed E-state index contributed by atoms with van der Waals surface area (Å²) in [7, 11) is 0. The maximum atomic E-state index is 11.8. The Morgan fingerprint density at radius 3 is 1.63 bits per heavy atom. The van der Waals surface area contributed by atoms with Crippen molar-refractivity contribution in [3.8, 4) is 0 Å². The molecule has 1 aliphatic carbocycles. The summed E-state index contributed by atoms with van der Waals surface area (Å²) < 4.78 is 0. The first-order valence-electron chi connectivity index (χ1n) is 7.28. The number of carbonyl (C=O) groups excluding carboxylic acids is 1. The summed E-state index contributed by atoms with van der Waals surface area (Å²) in [4.78, 5) is 11.8. The van der Waals surface area contributed by atoms with E-state index in [0.717, 1.165) is 12.8 Å². The topological polar surface area (TPSA) is 17.1 Å². The molecule has 1 nitrogen and oxygen atoms in total. The van der Waals surface area contributed by atoms with Gasteiger partial charge in [-0.25, -0.2) is 0 Å². The van der Waals surface area contributed by atoms with Crippen LogP contribution >= 0.6 is 0 Å². The fourth-order valence-electron chi connectivity index (χ4n) is 2.48. The SMILES string of the molecule is CC(C)(C)c1cc(C2CCC2=O)cc(C(C)(C)C)c1. The Balaban J connectivity index is 2.52. The van der Waals surface area contributed by atoms with Crippen LogP contribution in [-0.2, 0) is 15.6 Å². The van der Waals surface area contributed by atoms with Gasteiger partial charge in [0.15, 0.2) is 0 Å². The first kappa shape index (κ1) is 14.3. The Morgan fingerprint density at radius 2 is 1.37 bits per heavy atom. The summed E-state index contributed by atoms with van der Waals surface area (Å²) >= 11 is 0. The maximum Gasteiger partial charge on any atom is 0.140 e. The predicted octanol–water partition coefficient (Wildman–Crippen LogP) is 4.73. The second kappa shape index (κ2) is 4.47. The monoisotopic (exact) mass is 258 g/mol. The first-order valence-corrected chi connectivity index (χ1v) is 7.28. The Hall–Kier alpha value is -1.11. The zero-order valence-electron chi connectivity index (χ0n) is 13.1. The van der Waals surface area contributed by atoms with Gasteiger partial charge in [-0.1, -0.05) is 59.7 Å². The number of carbonyl (C=O) groups is 1. The summed E-state index contributed by atoms with van der Waals surface area (Å²) in [5.74, 6) is 0.564. The average molecular weight is 258 g/mol. The van der Waals surface area contributed by atoms with Gasteiger partial charge in [0.25, 0.3) is 0 Å². The highest BCUT2D eigenvalue weighted by Crippen LogP contribution is 2.38. The van der Waals surface area contributed by atoms with E-state index in [9.17, 15) is 4.79 Å². The summed E-state index contributed by atoms with van der Waals surface area (Å²) in [6, 6.07) is 6.81. The van der Waals surface area contributed by atoms with Crippen LogP contribution in [0, 0.1) is 0 Å². The molecule has 0 saturated heterocycles. The van der Waals surface area contributed by atoms with Gasteiger partial charge < -0.3 is 0 Å². The molecule has 19 heavy (non-hydrogen) atoms. The zero-order valence-corrected chi connectivity index (χ0v) is 13.1. The number of hydrogen-bond acceptors (Lipinski definition) is 1. The number of Topliss-reactive ketones (excluding diaryl/α,β-unsaturated/α-hetero) is 1. The molecule has 1 unspecified atom stereocenters. The summed E-state index contributed by atoms with van der Waals surface area (Å²) in [6.07, 6.45) is 1.78. The van der Waals surface area contributed by atoms with Gasteiger partial charge in [-0.2, -0.15) is 0 Å². The Labute approximate surface area is 117 Å². The Kier molecular flexibility index (Phi) is 3.36. The van der Waals surface area contributed by atoms with E-state index in [-0.39, 0.29) is 16.7 Å². The predicted molar refractivity (Wildman–Crippen MR) is 80.8 cm³/mol. The first-order chi connectivity index (χ1) is 8.59.